The molecule has 0 unspecified atom stereocenters. The van der Waals surface area contributed by atoms with Gasteiger partial charge in [-0.3, -0.25) is 0 Å². The average molecular weight is 757 g/mol. The first-order chi connectivity index (χ1) is 25.0. The summed E-state index contributed by atoms with van der Waals surface area (Å²) >= 11 is 0. The third-order valence-electron chi connectivity index (χ3n) is 9.05. The first kappa shape index (κ1) is 48.0. The molecule has 1 rings (SSSR count). The van der Waals surface area contributed by atoms with Gasteiger partial charge in [0.15, 0.2) is 11.5 Å². The van der Waals surface area contributed by atoms with Crippen molar-refractivity contribution < 1.29 is 36.0 Å². The van der Waals surface area contributed by atoms with Crippen molar-refractivity contribution in [1.29, 1.82) is 0 Å². The Morgan fingerprint density at radius 3 is 1.18 bits per heavy atom. The zero-order valence-electron chi connectivity index (χ0n) is 34.3. The standard InChI is InChI=1S/C41H80O8Si2/c1-8-15-16-17-18-19-20-21-22-23-24-25-26-27-28-32-39-33-29-34-40(42-35-30-37-50(44-9-2,45-10-3)46-11-4)41(39)43-36-31-38-51(47-12-5,48-13-6)49-14-7/h29,33-34H,8-28,30-32,35-38H2,1-7H3. The van der Waals surface area contributed by atoms with Gasteiger partial charge in [0, 0.05) is 51.7 Å². The second-order valence-electron chi connectivity index (χ2n) is 13.3. The summed E-state index contributed by atoms with van der Waals surface area (Å²) in [6.07, 6.45) is 23.0. The van der Waals surface area contributed by atoms with E-state index in [0.29, 0.717) is 52.9 Å². The third-order valence-corrected chi connectivity index (χ3v) is 15.4. The summed E-state index contributed by atoms with van der Waals surface area (Å²) in [7, 11) is -5.44. The van der Waals surface area contributed by atoms with Crippen molar-refractivity contribution in [1.82, 2.24) is 0 Å². The van der Waals surface area contributed by atoms with Crippen molar-refractivity contribution in [2.75, 3.05) is 52.9 Å². The number of benzene rings is 1. The number of para-hydroxylation sites is 1. The van der Waals surface area contributed by atoms with Gasteiger partial charge < -0.3 is 36.0 Å². The minimum atomic E-state index is -2.72. The summed E-state index contributed by atoms with van der Waals surface area (Å²) in [5.74, 6) is 1.66. The molecule has 0 saturated carbocycles. The molecule has 0 aromatic heterocycles. The van der Waals surface area contributed by atoms with Gasteiger partial charge in [-0.15, -0.1) is 0 Å². The minimum Gasteiger partial charge on any atom is -0.490 e. The van der Waals surface area contributed by atoms with Crippen LogP contribution in [0.1, 0.15) is 163 Å². The molecule has 0 fully saturated rings. The number of unbranched alkanes of at least 4 members (excludes halogenated alkanes) is 14. The maximum Gasteiger partial charge on any atom is 0.501 e. The first-order valence-corrected chi connectivity index (χ1v) is 25.1. The topological polar surface area (TPSA) is 73.8 Å². The van der Waals surface area contributed by atoms with Crippen LogP contribution in [-0.4, -0.2) is 70.5 Å². The smallest absolute Gasteiger partial charge is 0.490 e. The molecule has 0 atom stereocenters. The van der Waals surface area contributed by atoms with Crippen molar-refractivity contribution in [3.05, 3.63) is 23.8 Å². The fraction of sp³-hybridized carbons (Fsp3) is 0.854. The van der Waals surface area contributed by atoms with Crippen molar-refractivity contribution >= 4 is 17.6 Å². The molecule has 10 heteroatoms. The molecule has 0 saturated heterocycles. The highest BCUT2D eigenvalue weighted by molar-refractivity contribution is 6.61. The van der Waals surface area contributed by atoms with E-state index < -0.39 is 17.6 Å². The molecule has 300 valence electrons. The molecule has 1 aromatic carbocycles. The fourth-order valence-electron chi connectivity index (χ4n) is 6.66. The summed E-state index contributed by atoms with van der Waals surface area (Å²) < 4.78 is 49.4. The predicted octanol–water partition coefficient (Wildman–Crippen LogP) is 11.7. The lowest BCUT2D eigenvalue weighted by Crippen LogP contribution is -2.46. The summed E-state index contributed by atoms with van der Waals surface area (Å²) in [5, 5.41) is 0. The molecule has 51 heavy (non-hydrogen) atoms. The van der Waals surface area contributed by atoms with Gasteiger partial charge in [-0.05, 0) is 78.9 Å². The van der Waals surface area contributed by atoms with Gasteiger partial charge in [-0.1, -0.05) is 109 Å². The van der Waals surface area contributed by atoms with Crippen LogP contribution < -0.4 is 9.47 Å². The molecule has 0 aliphatic carbocycles. The number of rotatable bonds is 38. The largest absolute Gasteiger partial charge is 0.501 e. The van der Waals surface area contributed by atoms with Gasteiger partial charge >= 0.3 is 17.6 Å². The van der Waals surface area contributed by atoms with E-state index >= 15 is 0 Å². The first-order valence-electron chi connectivity index (χ1n) is 21.2. The monoisotopic (exact) mass is 757 g/mol. The van der Waals surface area contributed by atoms with Gasteiger partial charge in [-0.25, -0.2) is 0 Å². The van der Waals surface area contributed by atoms with E-state index in [1.165, 1.54) is 95.5 Å². The quantitative estimate of drug-likeness (QED) is 0.0488. The van der Waals surface area contributed by atoms with Crippen LogP contribution in [0.2, 0.25) is 12.1 Å². The molecule has 0 spiro atoms. The predicted molar refractivity (Wildman–Crippen MR) is 216 cm³/mol. The molecule has 0 N–H and O–H groups in total. The van der Waals surface area contributed by atoms with Crippen LogP contribution in [0, 0.1) is 0 Å². The Balaban J connectivity index is 2.73. The van der Waals surface area contributed by atoms with Gasteiger partial charge in [-0.2, -0.15) is 0 Å². The second kappa shape index (κ2) is 32.4. The SMILES string of the molecule is CCCCCCCCCCCCCCCCCc1cccc(OCCC[Si](OCC)(OCC)OCC)c1OCCC[Si](OCC)(OCC)OCC. The summed E-state index contributed by atoms with van der Waals surface area (Å²) in [5.41, 5.74) is 1.21. The van der Waals surface area contributed by atoms with Gasteiger partial charge in [0.05, 0.1) is 13.2 Å². The van der Waals surface area contributed by atoms with E-state index in [1.807, 2.05) is 47.6 Å². The van der Waals surface area contributed by atoms with E-state index in [2.05, 4.69) is 19.1 Å². The number of hydrogen-bond donors (Lipinski definition) is 0. The van der Waals surface area contributed by atoms with E-state index in [4.69, 9.17) is 36.0 Å². The minimum absolute atomic E-state index is 0.537. The van der Waals surface area contributed by atoms with E-state index in [-0.39, 0.29) is 0 Å². The molecule has 0 bridgehead atoms. The van der Waals surface area contributed by atoms with Crippen molar-refractivity contribution in [2.24, 2.45) is 0 Å². The van der Waals surface area contributed by atoms with E-state index in [0.717, 1.165) is 49.3 Å². The third kappa shape index (κ3) is 22.1. The van der Waals surface area contributed by atoms with Crippen molar-refractivity contribution in [3.8, 4) is 11.5 Å². The molecule has 8 nitrogen and oxygen atoms in total. The molecular weight excluding hydrogens is 677 g/mol. The highest BCUT2D eigenvalue weighted by atomic mass is 28.4. The zero-order valence-corrected chi connectivity index (χ0v) is 36.3. The Morgan fingerprint density at radius 2 is 0.784 bits per heavy atom. The molecule has 1 aromatic rings. The highest BCUT2D eigenvalue weighted by Crippen LogP contribution is 2.34. The van der Waals surface area contributed by atoms with Crippen LogP contribution in [-0.2, 0) is 33.0 Å². The normalized spacial score (nSPS) is 12.1. The Hall–Kier alpha value is -0.986. The maximum absolute atomic E-state index is 6.55. The zero-order chi connectivity index (χ0) is 37.3. The lowest BCUT2D eigenvalue weighted by atomic mass is 10.0. The molecule has 0 aliphatic heterocycles. The van der Waals surface area contributed by atoms with Crippen molar-refractivity contribution in [3.63, 3.8) is 0 Å². The van der Waals surface area contributed by atoms with Crippen LogP contribution in [0.5, 0.6) is 11.5 Å². The highest BCUT2D eigenvalue weighted by Gasteiger charge is 2.40. The Bertz CT molecular complexity index is 888. The fourth-order valence-corrected chi connectivity index (χ4v) is 11.8. The van der Waals surface area contributed by atoms with E-state index in [9.17, 15) is 0 Å². The molecular formula is C41H80O8Si2. The van der Waals surface area contributed by atoms with E-state index in [1.54, 1.807) is 0 Å². The Kier molecular flexibility index (Phi) is 30.6. The maximum atomic E-state index is 6.55. The van der Waals surface area contributed by atoms with Gasteiger partial charge in [0.2, 0.25) is 0 Å². The summed E-state index contributed by atoms with van der Waals surface area (Å²) in [4.78, 5) is 0. The lowest BCUT2D eigenvalue weighted by molar-refractivity contribution is 0.0685. The lowest BCUT2D eigenvalue weighted by Gasteiger charge is -2.28. The van der Waals surface area contributed by atoms with Crippen LogP contribution in [0.3, 0.4) is 0 Å². The second-order valence-corrected chi connectivity index (χ2v) is 18.8. The molecule has 0 amide bonds. The number of hydrogen-bond acceptors (Lipinski definition) is 8. The Labute approximate surface area is 317 Å². The summed E-state index contributed by atoms with van der Waals surface area (Å²) in [6, 6.07) is 7.76. The average Bonchev–Trinajstić information content (AvgIpc) is 3.11. The van der Waals surface area contributed by atoms with Gasteiger partial charge in [0.1, 0.15) is 0 Å². The van der Waals surface area contributed by atoms with Crippen LogP contribution in [0.4, 0.5) is 0 Å². The van der Waals surface area contributed by atoms with Gasteiger partial charge in [0.25, 0.3) is 0 Å². The summed E-state index contributed by atoms with van der Waals surface area (Å²) in [6.45, 7) is 18.8. The molecule has 0 radical (unpaired) electrons. The van der Waals surface area contributed by atoms with Crippen LogP contribution in [0.25, 0.3) is 0 Å². The van der Waals surface area contributed by atoms with Crippen LogP contribution in [0.15, 0.2) is 18.2 Å². The Morgan fingerprint density at radius 1 is 0.412 bits per heavy atom. The van der Waals surface area contributed by atoms with Crippen LogP contribution >= 0.6 is 0 Å². The molecule has 0 aliphatic rings. The number of aryl methyl sites for hydroxylation is 1. The van der Waals surface area contributed by atoms with Crippen molar-refractivity contribution in [2.45, 2.75) is 176 Å². The molecule has 0 heterocycles. The number of ether oxygens (including phenoxy) is 2.